The highest BCUT2D eigenvalue weighted by Gasteiger charge is 2.39. The summed E-state index contributed by atoms with van der Waals surface area (Å²) >= 11 is 0. The third-order valence-electron chi connectivity index (χ3n) is 2.52. The highest BCUT2D eigenvalue weighted by Crippen LogP contribution is 2.22. The Balaban J connectivity index is 2.88. The Bertz CT molecular complexity index is 436. The number of hydrogen-bond acceptors (Lipinski definition) is 4. The van der Waals surface area contributed by atoms with Crippen molar-refractivity contribution in [3.8, 4) is 0 Å². The summed E-state index contributed by atoms with van der Waals surface area (Å²) in [6.45, 7) is -0.433. The van der Waals surface area contributed by atoms with Crippen LogP contribution in [0, 0.1) is 0 Å². The predicted octanol–water partition coefficient (Wildman–Crippen LogP) is 1.98. The van der Waals surface area contributed by atoms with E-state index in [4.69, 9.17) is 10.5 Å². The van der Waals surface area contributed by atoms with Crippen LogP contribution in [0.3, 0.4) is 0 Å². The zero-order chi connectivity index (χ0) is 15.2. The minimum absolute atomic E-state index is 0.0733. The fourth-order valence-corrected chi connectivity index (χ4v) is 1.58. The van der Waals surface area contributed by atoms with Gasteiger partial charge in [-0.2, -0.15) is 13.2 Å². The van der Waals surface area contributed by atoms with Crippen molar-refractivity contribution < 1.29 is 27.4 Å². The van der Waals surface area contributed by atoms with E-state index in [2.05, 4.69) is 4.74 Å². The first-order valence-electron chi connectivity index (χ1n) is 5.95. The molecule has 0 fully saturated rings. The van der Waals surface area contributed by atoms with E-state index in [1.807, 2.05) is 0 Å². The lowest BCUT2D eigenvalue weighted by molar-refractivity contribution is -0.182. The highest BCUT2D eigenvalue weighted by molar-refractivity contribution is 5.82. The molecule has 0 radical (unpaired) electrons. The molecule has 0 aliphatic rings. The molecule has 20 heavy (non-hydrogen) atoms. The molecule has 0 heterocycles. The first-order valence-corrected chi connectivity index (χ1v) is 5.95. The second-order valence-electron chi connectivity index (χ2n) is 4.17. The fraction of sp³-hybridized carbons (Fsp3) is 0.462. The van der Waals surface area contributed by atoms with Gasteiger partial charge in [0, 0.05) is 0 Å². The van der Waals surface area contributed by atoms with Gasteiger partial charge in [0.1, 0.15) is 6.61 Å². The van der Waals surface area contributed by atoms with Crippen molar-refractivity contribution in [3.05, 3.63) is 35.9 Å². The summed E-state index contributed by atoms with van der Waals surface area (Å²) in [4.78, 5) is 11.9. The molecular formula is C13H16F3NO3. The van der Waals surface area contributed by atoms with Crippen LogP contribution in [0.2, 0.25) is 0 Å². The van der Waals surface area contributed by atoms with Crippen molar-refractivity contribution in [2.45, 2.75) is 18.6 Å². The molecule has 1 rings (SSSR count). The van der Waals surface area contributed by atoms with Gasteiger partial charge in [0.05, 0.1) is 13.2 Å². The Morgan fingerprint density at radius 1 is 1.20 bits per heavy atom. The molecular weight excluding hydrogens is 275 g/mol. The van der Waals surface area contributed by atoms with E-state index in [9.17, 15) is 18.0 Å². The predicted molar refractivity (Wildman–Crippen MR) is 65.8 cm³/mol. The molecule has 0 spiro atoms. The van der Waals surface area contributed by atoms with Gasteiger partial charge in [-0.3, -0.25) is 0 Å². The Morgan fingerprint density at radius 3 is 2.30 bits per heavy atom. The van der Waals surface area contributed by atoms with Crippen LogP contribution in [0.15, 0.2) is 30.3 Å². The average molecular weight is 291 g/mol. The van der Waals surface area contributed by atoms with Crippen LogP contribution in [0.25, 0.3) is 0 Å². The standard InChI is InChI=1S/C13H16F3NO3/c1-2-20-11(18)12(17,8-19-9-13(14,15)16)10-6-4-3-5-7-10/h3-7H,2,8-9,17H2,1H3. The van der Waals surface area contributed by atoms with Gasteiger partial charge >= 0.3 is 12.1 Å². The fourth-order valence-electron chi connectivity index (χ4n) is 1.58. The number of carbonyl (C=O) groups is 1. The summed E-state index contributed by atoms with van der Waals surface area (Å²) in [5.74, 6) is -0.826. The molecule has 4 nitrogen and oxygen atoms in total. The third kappa shape index (κ3) is 4.50. The van der Waals surface area contributed by atoms with E-state index in [-0.39, 0.29) is 6.61 Å². The Kier molecular flexibility index (Phi) is 5.52. The number of esters is 1. The van der Waals surface area contributed by atoms with E-state index < -0.39 is 30.9 Å². The van der Waals surface area contributed by atoms with Crippen LogP contribution in [-0.4, -0.2) is 32.0 Å². The molecule has 1 aromatic rings. The molecule has 0 aliphatic carbocycles. The molecule has 0 aromatic heterocycles. The average Bonchev–Trinajstić information content (AvgIpc) is 2.38. The van der Waals surface area contributed by atoms with Gasteiger partial charge in [-0.15, -0.1) is 0 Å². The largest absolute Gasteiger partial charge is 0.464 e. The van der Waals surface area contributed by atoms with Crippen LogP contribution in [-0.2, 0) is 19.8 Å². The van der Waals surface area contributed by atoms with Crippen LogP contribution in [0.5, 0.6) is 0 Å². The molecule has 7 heteroatoms. The lowest BCUT2D eigenvalue weighted by atomic mass is 9.92. The van der Waals surface area contributed by atoms with Gasteiger partial charge in [0.15, 0.2) is 5.54 Å². The first-order chi connectivity index (χ1) is 9.29. The topological polar surface area (TPSA) is 61.5 Å². The van der Waals surface area contributed by atoms with E-state index in [1.54, 1.807) is 25.1 Å². The van der Waals surface area contributed by atoms with E-state index in [1.165, 1.54) is 12.1 Å². The van der Waals surface area contributed by atoms with Crippen molar-refractivity contribution in [3.63, 3.8) is 0 Å². The SMILES string of the molecule is CCOC(=O)C(N)(COCC(F)(F)F)c1ccccc1. The van der Waals surface area contributed by atoms with E-state index >= 15 is 0 Å². The monoisotopic (exact) mass is 291 g/mol. The Hall–Kier alpha value is -1.60. The smallest absolute Gasteiger partial charge is 0.411 e. The summed E-state index contributed by atoms with van der Waals surface area (Å²) in [5, 5.41) is 0. The molecule has 2 N–H and O–H groups in total. The van der Waals surface area contributed by atoms with Gasteiger partial charge in [-0.25, -0.2) is 4.79 Å². The van der Waals surface area contributed by atoms with Gasteiger partial charge in [0.25, 0.3) is 0 Å². The second-order valence-corrected chi connectivity index (χ2v) is 4.17. The molecule has 1 atom stereocenters. The van der Waals surface area contributed by atoms with Crippen LogP contribution < -0.4 is 5.73 Å². The number of hydrogen-bond donors (Lipinski definition) is 1. The number of carbonyl (C=O) groups excluding carboxylic acids is 1. The molecule has 0 saturated heterocycles. The van der Waals surface area contributed by atoms with Crippen LogP contribution in [0.4, 0.5) is 13.2 Å². The zero-order valence-corrected chi connectivity index (χ0v) is 10.9. The minimum Gasteiger partial charge on any atom is -0.464 e. The van der Waals surface area contributed by atoms with Crippen molar-refractivity contribution in [1.82, 2.24) is 0 Å². The summed E-state index contributed by atoms with van der Waals surface area (Å²) < 4.78 is 45.7. The summed E-state index contributed by atoms with van der Waals surface area (Å²) in [6, 6.07) is 8.02. The lowest BCUT2D eigenvalue weighted by Gasteiger charge is -2.27. The minimum atomic E-state index is -4.48. The number of nitrogens with two attached hydrogens (primary N) is 1. The molecule has 0 saturated carbocycles. The van der Waals surface area contributed by atoms with E-state index in [0.717, 1.165) is 0 Å². The van der Waals surface area contributed by atoms with Gasteiger partial charge in [-0.05, 0) is 12.5 Å². The third-order valence-corrected chi connectivity index (χ3v) is 2.52. The maximum absolute atomic E-state index is 12.1. The molecule has 112 valence electrons. The first kappa shape index (κ1) is 16.5. The van der Waals surface area contributed by atoms with Crippen molar-refractivity contribution in [2.24, 2.45) is 5.73 Å². The number of benzene rings is 1. The maximum Gasteiger partial charge on any atom is 0.411 e. The van der Waals surface area contributed by atoms with E-state index in [0.29, 0.717) is 5.56 Å². The molecule has 0 amide bonds. The van der Waals surface area contributed by atoms with Gasteiger partial charge in [-0.1, -0.05) is 30.3 Å². The number of alkyl halides is 3. The summed E-state index contributed by atoms with van der Waals surface area (Å²) in [5.41, 5.74) is 4.48. The quantitative estimate of drug-likeness (QED) is 0.814. The molecule has 1 aromatic carbocycles. The van der Waals surface area contributed by atoms with Gasteiger partial charge in [0.2, 0.25) is 0 Å². The van der Waals surface area contributed by atoms with Crippen molar-refractivity contribution in [1.29, 1.82) is 0 Å². The summed E-state index contributed by atoms with van der Waals surface area (Å²) in [6.07, 6.45) is -4.48. The number of ether oxygens (including phenoxy) is 2. The number of halogens is 3. The molecule has 1 unspecified atom stereocenters. The van der Waals surface area contributed by atoms with Crippen LogP contribution >= 0.6 is 0 Å². The zero-order valence-electron chi connectivity index (χ0n) is 10.9. The normalized spacial score (nSPS) is 14.7. The van der Waals surface area contributed by atoms with Gasteiger partial charge < -0.3 is 15.2 Å². The highest BCUT2D eigenvalue weighted by atomic mass is 19.4. The maximum atomic E-state index is 12.1. The molecule has 0 aliphatic heterocycles. The Labute approximate surface area is 114 Å². The lowest BCUT2D eigenvalue weighted by Crippen LogP contribution is -2.50. The van der Waals surface area contributed by atoms with Crippen molar-refractivity contribution >= 4 is 5.97 Å². The molecule has 0 bridgehead atoms. The van der Waals surface area contributed by atoms with Crippen molar-refractivity contribution in [2.75, 3.05) is 19.8 Å². The summed E-state index contributed by atoms with van der Waals surface area (Å²) in [7, 11) is 0. The van der Waals surface area contributed by atoms with Crippen LogP contribution in [0.1, 0.15) is 12.5 Å². The Morgan fingerprint density at radius 2 is 1.80 bits per heavy atom. The second kappa shape index (κ2) is 6.71. The number of rotatable bonds is 6.